The highest BCUT2D eigenvalue weighted by Gasteiger charge is 2.29. The second-order valence-electron chi connectivity index (χ2n) is 13.0. The second-order valence-corrected chi connectivity index (χ2v) is 13.0. The van der Waals surface area contributed by atoms with Crippen molar-refractivity contribution in [3.8, 4) is 78.9 Å². The summed E-state index contributed by atoms with van der Waals surface area (Å²) in [6.45, 7) is 0. The van der Waals surface area contributed by atoms with E-state index in [4.69, 9.17) is 4.98 Å². The molecule has 0 spiro atoms. The Morgan fingerprint density at radius 2 is 0.792 bits per heavy atom. The van der Waals surface area contributed by atoms with Gasteiger partial charge in [-0.05, 0) is 51.1 Å². The smallest absolute Gasteiger partial charge is 0.149 e. The van der Waals surface area contributed by atoms with Crippen LogP contribution >= 0.6 is 0 Å². The lowest BCUT2D eigenvalue weighted by molar-refractivity contribution is 1.10. The molecule has 7 aromatic carbocycles. The number of hydrogen-bond donors (Lipinski definition) is 0. The van der Waals surface area contributed by atoms with Crippen LogP contribution in [0.15, 0.2) is 200 Å². The molecule has 0 amide bonds. The summed E-state index contributed by atoms with van der Waals surface area (Å²) < 4.78 is 2.39. The van der Waals surface area contributed by atoms with Crippen LogP contribution in [-0.2, 0) is 0 Å². The first-order valence-corrected chi connectivity index (χ1v) is 17.8. The molecule has 2 aromatic heterocycles. The third kappa shape index (κ3) is 5.79. The quantitative estimate of drug-likeness (QED) is 0.169. The summed E-state index contributed by atoms with van der Waals surface area (Å²) in [5, 5.41) is 12.8. The summed E-state index contributed by atoms with van der Waals surface area (Å²) in [6, 6.07) is 72.1. The zero-order valence-electron chi connectivity index (χ0n) is 28.9. The topological polar surface area (TPSA) is 41.6 Å². The van der Waals surface area contributed by atoms with Gasteiger partial charge in [-0.2, -0.15) is 5.26 Å². The monoisotopic (exact) mass is 675 g/mol. The second kappa shape index (κ2) is 13.8. The number of pyridine rings is 1. The van der Waals surface area contributed by atoms with Crippen molar-refractivity contribution in [3.05, 3.63) is 206 Å². The van der Waals surface area contributed by atoms with Crippen LogP contribution in [0, 0.1) is 11.3 Å². The molecule has 0 saturated heterocycles. The Balaban J connectivity index is 1.42. The van der Waals surface area contributed by atoms with Gasteiger partial charge in [0.15, 0.2) is 0 Å². The summed E-state index contributed by atoms with van der Waals surface area (Å²) in [4.78, 5) is 5.22. The van der Waals surface area contributed by atoms with Crippen molar-refractivity contribution in [2.24, 2.45) is 0 Å². The average molecular weight is 676 g/mol. The highest BCUT2D eigenvalue weighted by Crippen LogP contribution is 2.49. The van der Waals surface area contributed by atoms with Crippen LogP contribution in [0.1, 0.15) is 5.69 Å². The molecule has 0 saturated carbocycles. The van der Waals surface area contributed by atoms with Crippen molar-refractivity contribution in [1.29, 1.82) is 5.26 Å². The minimum atomic E-state index is 0.392. The number of benzene rings is 7. The molecule has 0 N–H and O–H groups in total. The van der Waals surface area contributed by atoms with E-state index in [2.05, 4.69) is 162 Å². The zero-order chi connectivity index (χ0) is 35.6. The maximum atomic E-state index is 10.8. The largest absolute Gasteiger partial charge is 0.308 e. The Morgan fingerprint density at radius 1 is 0.377 bits per heavy atom. The molecule has 3 nitrogen and oxygen atoms in total. The Labute approximate surface area is 309 Å². The molecule has 9 rings (SSSR count). The van der Waals surface area contributed by atoms with E-state index in [9.17, 15) is 5.26 Å². The van der Waals surface area contributed by atoms with Crippen LogP contribution in [0.2, 0.25) is 0 Å². The van der Waals surface area contributed by atoms with E-state index in [-0.39, 0.29) is 0 Å². The first-order valence-electron chi connectivity index (χ1n) is 17.8. The third-order valence-electron chi connectivity index (χ3n) is 9.86. The van der Waals surface area contributed by atoms with Gasteiger partial charge in [-0.1, -0.05) is 188 Å². The van der Waals surface area contributed by atoms with E-state index in [0.717, 1.165) is 72.5 Å². The molecule has 0 aliphatic rings. The molecule has 0 aliphatic carbocycles. The van der Waals surface area contributed by atoms with Crippen LogP contribution in [0.4, 0.5) is 0 Å². The number of fused-ring (bicyclic) bond motifs is 1. The van der Waals surface area contributed by atoms with Gasteiger partial charge >= 0.3 is 0 Å². The molecule has 0 aliphatic heterocycles. The van der Waals surface area contributed by atoms with Gasteiger partial charge in [0.2, 0.25) is 0 Å². The van der Waals surface area contributed by atoms with Gasteiger partial charge in [0, 0.05) is 27.6 Å². The van der Waals surface area contributed by atoms with E-state index < -0.39 is 0 Å². The molecule has 248 valence electrons. The van der Waals surface area contributed by atoms with Crippen molar-refractivity contribution >= 4 is 10.8 Å². The van der Waals surface area contributed by atoms with E-state index in [0.29, 0.717) is 5.69 Å². The van der Waals surface area contributed by atoms with Crippen molar-refractivity contribution in [2.45, 2.75) is 0 Å². The Morgan fingerprint density at radius 3 is 1.32 bits per heavy atom. The van der Waals surface area contributed by atoms with E-state index in [1.807, 2.05) is 48.5 Å². The van der Waals surface area contributed by atoms with Crippen LogP contribution < -0.4 is 0 Å². The minimum Gasteiger partial charge on any atom is -0.308 e. The normalized spacial score (nSPS) is 11.0. The van der Waals surface area contributed by atoms with Gasteiger partial charge in [0.1, 0.15) is 11.8 Å². The van der Waals surface area contributed by atoms with Gasteiger partial charge in [-0.3, -0.25) is 0 Å². The number of nitriles is 1. The standard InChI is InChI=1S/C50H33N3/c51-34-44-45(38-19-8-2-9-20-38)46-47(48(52-44)39-21-10-3-11-22-39)50(41-25-14-5-15-26-41)53(49(46)40-23-12-4-13-24-40)43-28-16-27-42(33-43)37-31-29-36(30-32-37)35-17-6-1-7-18-35/h1-33H. The molecule has 0 atom stereocenters. The maximum absolute atomic E-state index is 10.8. The number of hydrogen-bond acceptors (Lipinski definition) is 2. The maximum Gasteiger partial charge on any atom is 0.149 e. The van der Waals surface area contributed by atoms with E-state index in [1.54, 1.807) is 0 Å². The Bertz CT molecular complexity index is 2730. The summed E-state index contributed by atoms with van der Waals surface area (Å²) in [5.41, 5.74) is 13.7. The lowest BCUT2D eigenvalue weighted by atomic mass is 9.92. The molecule has 0 bridgehead atoms. The summed E-state index contributed by atoms with van der Waals surface area (Å²) in [6.07, 6.45) is 0. The van der Waals surface area contributed by atoms with E-state index >= 15 is 0 Å². The number of rotatable bonds is 7. The SMILES string of the molecule is N#Cc1nc(-c2ccccc2)c2c(-c3ccccc3)n(-c3cccc(-c4ccc(-c5ccccc5)cc4)c3)c(-c3ccccc3)c2c1-c1ccccc1. The Hall–Kier alpha value is -7.28. The first-order chi connectivity index (χ1) is 26.3. The molecule has 0 radical (unpaired) electrons. The van der Waals surface area contributed by atoms with Crippen molar-refractivity contribution in [1.82, 2.24) is 9.55 Å². The predicted octanol–water partition coefficient (Wildman–Crippen LogP) is 12.9. The number of nitrogens with zero attached hydrogens (tertiary/aromatic N) is 3. The van der Waals surface area contributed by atoms with Crippen molar-refractivity contribution in [2.75, 3.05) is 0 Å². The van der Waals surface area contributed by atoms with Crippen LogP contribution in [0.25, 0.3) is 83.6 Å². The van der Waals surface area contributed by atoms with E-state index in [1.165, 1.54) is 11.1 Å². The Kier molecular flexibility index (Phi) is 8.25. The van der Waals surface area contributed by atoms with Crippen LogP contribution in [-0.4, -0.2) is 9.55 Å². The van der Waals surface area contributed by atoms with Crippen LogP contribution in [0.5, 0.6) is 0 Å². The summed E-state index contributed by atoms with van der Waals surface area (Å²) in [7, 11) is 0. The molecule has 9 aromatic rings. The minimum absolute atomic E-state index is 0.392. The summed E-state index contributed by atoms with van der Waals surface area (Å²) >= 11 is 0. The van der Waals surface area contributed by atoms with Gasteiger partial charge in [-0.25, -0.2) is 4.98 Å². The zero-order valence-corrected chi connectivity index (χ0v) is 28.9. The van der Waals surface area contributed by atoms with Crippen molar-refractivity contribution < 1.29 is 0 Å². The van der Waals surface area contributed by atoms with Crippen LogP contribution in [0.3, 0.4) is 0 Å². The summed E-state index contributed by atoms with van der Waals surface area (Å²) in [5.74, 6) is 0. The first kappa shape index (κ1) is 31.7. The van der Waals surface area contributed by atoms with Crippen molar-refractivity contribution in [3.63, 3.8) is 0 Å². The predicted molar refractivity (Wildman–Crippen MR) is 218 cm³/mol. The molecule has 0 fully saturated rings. The number of aromatic nitrogens is 2. The van der Waals surface area contributed by atoms with Gasteiger partial charge in [-0.15, -0.1) is 0 Å². The fourth-order valence-corrected chi connectivity index (χ4v) is 7.47. The fourth-order valence-electron chi connectivity index (χ4n) is 7.47. The van der Waals surface area contributed by atoms with Gasteiger partial charge < -0.3 is 4.57 Å². The third-order valence-corrected chi connectivity index (χ3v) is 9.86. The molecular weight excluding hydrogens is 643 g/mol. The fraction of sp³-hybridized carbons (Fsp3) is 0. The molecule has 3 heteroatoms. The molecule has 0 unspecified atom stereocenters. The molecule has 2 heterocycles. The lowest BCUT2D eigenvalue weighted by Crippen LogP contribution is -2.00. The average Bonchev–Trinajstić information content (AvgIpc) is 3.61. The van der Waals surface area contributed by atoms with Gasteiger partial charge in [0.25, 0.3) is 0 Å². The molecular formula is C50H33N3. The van der Waals surface area contributed by atoms with Gasteiger partial charge in [0.05, 0.1) is 17.1 Å². The molecule has 53 heavy (non-hydrogen) atoms. The highest BCUT2D eigenvalue weighted by atomic mass is 15.0. The lowest BCUT2D eigenvalue weighted by Gasteiger charge is -2.16. The highest BCUT2D eigenvalue weighted by molar-refractivity contribution is 6.18.